The Bertz CT molecular complexity index is 884. The Kier molecular flexibility index (Phi) is 4.53. The zero-order valence-corrected chi connectivity index (χ0v) is 14.9. The van der Waals surface area contributed by atoms with Gasteiger partial charge < -0.3 is 15.6 Å². The number of nitrogens with one attached hydrogen (secondary N) is 1. The van der Waals surface area contributed by atoms with Crippen LogP contribution in [0.3, 0.4) is 0 Å². The lowest BCUT2D eigenvalue weighted by Gasteiger charge is -2.19. The van der Waals surface area contributed by atoms with Crippen molar-refractivity contribution >= 4 is 33.0 Å². The summed E-state index contributed by atoms with van der Waals surface area (Å²) in [6.45, 7) is 1.95. The fraction of sp³-hybridized carbons (Fsp3) is 0.615. The van der Waals surface area contributed by atoms with Crippen LogP contribution in [-0.2, 0) is 14.8 Å². The average Bonchev–Trinajstić information content (AvgIpc) is 3.07. The largest absolute Gasteiger partial charge is 0.394 e. The number of fused-ring (bicyclic) bond motifs is 1. The summed E-state index contributed by atoms with van der Waals surface area (Å²) >= 11 is 0. The number of aromatic nitrogens is 4. The van der Waals surface area contributed by atoms with Crippen LogP contribution in [0.1, 0.15) is 19.6 Å². The van der Waals surface area contributed by atoms with Gasteiger partial charge in [-0.1, -0.05) is 6.92 Å². The van der Waals surface area contributed by atoms with Crippen LogP contribution in [0.15, 0.2) is 6.33 Å². The van der Waals surface area contributed by atoms with Crippen molar-refractivity contribution in [2.45, 2.75) is 25.7 Å². The summed E-state index contributed by atoms with van der Waals surface area (Å²) in [7, 11) is -2.00. The van der Waals surface area contributed by atoms with Crippen molar-refractivity contribution in [2.75, 3.05) is 30.7 Å². The van der Waals surface area contributed by atoms with E-state index in [-0.39, 0.29) is 36.6 Å². The molecule has 25 heavy (non-hydrogen) atoms. The molecule has 3 heterocycles. The van der Waals surface area contributed by atoms with Gasteiger partial charge in [0.1, 0.15) is 6.23 Å². The van der Waals surface area contributed by atoms with Crippen LogP contribution in [0.5, 0.6) is 0 Å². The molecule has 11 nitrogen and oxygen atoms in total. The molecule has 0 unspecified atom stereocenters. The molecular formula is C13H21N7O4S. The number of nitrogens with zero attached hydrogens (tertiary/aromatic N) is 5. The molecule has 1 aliphatic rings. The predicted molar refractivity (Wildman–Crippen MR) is 90.9 cm³/mol. The number of ether oxygens (including phenoxy) is 1. The van der Waals surface area contributed by atoms with Crippen LogP contribution in [0, 0.1) is 5.92 Å². The smallest absolute Gasteiger partial charge is 0.225 e. The van der Waals surface area contributed by atoms with Crippen molar-refractivity contribution in [1.29, 1.82) is 0 Å². The standard InChI is InChI=1S/C13H21N7O4S/c1-7-4-8(5-21)24-12(7)20-6-15-9-10(16-13(14)17-11(9)20)19(2)18-25(3,22)23/h6-8,12,18,21H,4-5H2,1-3H3,(H2,14,16,17)/t7-,8-,12+/m0/s1. The topological polar surface area (TPSA) is 148 Å². The van der Waals surface area contributed by atoms with Crippen molar-refractivity contribution < 1.29 is 18.3 Å². The summed E-state index contributed by atoms with van der Waals surface area (Å²) in [5.74, 6) is 0.354. The van der Waals surface area contributed by atoms with Gasteiger partial charge in [0, 0.05) is 13.0 Å². The summed E-state index contributed by atoms with van der Waals surface area (Å²) in [5.41, 5.74) is 6.61. The summed E-state index contributed by atoms with van der Waals surface area (Å²) in [4.78, 5) is 14.9. The van der Waals surface area contributed by atoms with Gasteiger partial charge in [0.15, 0.2) is 17.0 Å². The number of hydrazine groups is 1. The first-order chi connectivity index (χ1) is 11.7. The third kappa shape index (κ3) is 3.51. The fourth-order valence-electron chi connectivity index (χ4n) is 3.01. The average molecular weight is 371 g/mol. The minimum atomic E-state index is -3.49. The maximum atomic E-state index is 11.5. The Morgan fingerprint density at radius 2 is 2.24 bits per heavy atom. The Hall–Kier alpha value is -2.02. The van der Waals surface area contributed by atoms with Gasteiger partial charge in [-0.2, -0.15) is 9.97 Å². The number of hydrogen-bond acceptors (Lipinski definition) is 9. The van der Waals surface area contributed by atoms with Crippen molar-refractivity contribution in [3.05, 3.63) is 6.33 Å². The van der Waals surface area contributed by atoms with Gasteiger partial charge in [-0.25, -0.2) is 13.4 Å². The number of anilines is 2. The number of aliphatic hydroxyl groups excluding tert-OH is 1. The highest BCUT2D eigenvalue weighted by Gasteiger charge is 2.34. The monoisotopic (exact) mass is 371 g/mol. The maximum Gasteiger partial charge on any atom is 0.225 e. The van der Waals surface area contributed by atoms with E-state index in [0.717, 1.165) is 6.26 Å². The molecule has 1 saturated heterocycles. The van der Waals surface area contributed by atoms with E-state index >= 15 is 0 Å². The molecule has 12 heteroatoms. The number of rotatable bonds is 5. The number of imidazole rings is 1. The highest BCUT2D eigenvalue weighted by molar-refractivity contribution is 7.88. The van der Waals surface area contributed by atoms with Crippen molar-refractivity contribution in [3.63, 3.8) is 0 Å². The van der Waals surface area contributed by atoms with E-state index < -0.39 is 10.0 Å². The van der Waals surface area contributed by atoms with Crippen LogP contribution in [0.4, 0.5) is 11.8 Å². The second-order valence-electron chi connectivity index (χ2n) is 6.20. The summed E-state index contributed by atoms with van der Waals surface area (Å²) in [6, 6.07) is 0. The lowest BCUT2D eigenvalue weighted by molar-refractivity contribution is -0.0294. The van der Waals surface area contributed by atoms with E-state index in [4.69, 9.17) is 10.5 Å². The lowest BCUT2D eigenvalue weighted by Crippen LogP contribution is -2.39. The van der Waals surface area contributed by atoms with E-state index in [9.17, 15) is 13.5 Å². The van der Waals surface area contributed by atoms with E-state index in [2.05, 4.69) is 19.8 Å². The highest BCUT2D eigenvalue weighted by atomic mass is 32.2. The molecule has 4 N–H and O–H groups in total. The molecular weight excluding hydrogens is 350 g/mol. The van der Waals surface area contributed by atoms with Gasteiger partial charge in [-0.05, 0) is 6.42 Å². The van der Waals surface area contributed by atoms with Gasteiger partial charge >= 0.3 is 0 Å². The van der Waals surface area contributed by atoms with Crippen molar-refractivity contribution in [3.8, 4) is 0 Å². The molecule has 1 aliphatic heterocycles. The third-order valence-electron chi connectivity index (χ3n) is 3.97. The molecule has 2 aromatic heterocycles. The number of nitrogens with two attached hydrogens (primary N) is 1. The van der Waals surface area contributed by atoms with Crippen LogP contribution in [-0.4, -0.2) is 59.1 Å². The molecule has 0 amide bonds. The molecule has 3 atom stereocenters. The second kappa shape index (κ2) is 6.37. The second-order valence-corrected chi connectivity index (χ2v) is 7.92. The van der Waals surface area contributed by atoms with Crippen LogP contribution >= 0.6 is 0 Å². The molecule has 0 bridgehead atoms. The van der Waals surface area contributed by atoms with Crippen LogP contribution < -0.4 is 15.6 Å². The van der Waals surface area contributed by atoms with Crippen molar-refractivity contribution in [2.24, 2.45) is 5.92 Å². The zero-order chi connectivity index (χ0) is 18.4. The molecule has 3 rings (SSSR count). The Morgan fingerprint density at radius 1 is 1.52 bits per heavy atom. The first-order valence-corrected chi connectivity index (χ1v) is 9.56. The number of sulfonamides is 1. The molecule has 2 aromatic rings. The number of nitrogen functional groups attached to an aromatic ring is 1. The zero-order valence-electron chi connectivity index (χ0n) is 14.1. The third-order valence-corrected chi connectivity index (χ3v) is 4.58. The Morgan fingerprint density at radius 3 is 2.84 bits per heavy atom. The van der Waals surface area contributed by atoms with Gasteiger partial charge in [0.25, 0.3) is 0 Å². The SMILES string of the molecule is C[C@H]1C[C@@H](CO)O[C@H]1n1cnc2c(N(C)NS(C)(=O)=O)nc(N)nc21. The molecule has 0 aliphatic carbocycles. The molecule has 138 valence electrons. The van der Waals surface area contributed by atoms with Gasteiger partial charge in [-0.3, -0.25) is 9.58 Å². The number of aliphatic hydroxyl groups is 1. The number of hydrogen-bond donors (Lipinski definition) is 3. The van der Waals surface area contributed by atoms with E-state index in [0.29, 0.717) is 17.6 Å². The Labute approximate surface area is 144 Å². The van der Waals surface area contributed by atoms with Crippen molar-refractivity contribution in [1.82, 2.24) is 24.4 Å². The fourth-order valence-corrected chi connectivity index (χ4v) is 3.59. The van der Waals surface area contributed by atoms with Gasteiger partial charge in [0.2, 0.25) is 16.0 Å². The lowest BCUT2D eigenvalue weighted by atomic mass is 10.1. The van der Waals surface area contributed by atoms with Gasteiger partial charge in [-0.15, -0.1) is 4.83 Å². The summed E-state index contributed by atoms with van der Waals surface area (Å²) in [6.07, 6.45) is 2.71. The summed E-state index contributed by atoms with van der Waals surface area (Å²) < 4.78 is 30.5. The van der Waals surface area contributed by atoms with E-state index in [1.807, 2.05) is 6.92 Å². The normalized spacial score (nSPS) is 24.1. The molecule has 0 saturated carbocycles. The molecule has 1 fully saturated rings. The first kappa shape index (κ1) is 17.8. The molecule has 0 spiro atoms. The predicted octanol–water partition coefficient (Wildman–Crippen LogP) is -0.775. The first-order valence-electron chi connectivity index (χ1n) is 7.67. The minimum Gasteiger partial charge on any atom is -0.394 e. The van der Waals surface area contributed by atoms with Gasteiger partial charge in [0.05, 0.1) is 25.3 Å². The quantitative estimate of drug-likeness (QED) is 0.576. The van der Waals surface area contributed by atoms with Crippen LogP contribution in [0.25, 0.3) is 11.2 Å². The Balaban J connectivity index is 2.04. The maximum absolute atomic E-state index is 11.5. The molecule has 0 aromatic carbocycles. The highest BCUT2D eigenvalue weighted by Crippen LogP contribution is 2.36. The summed E-state index contributed by atoms with van der Waals surface area (Å²) in [5, 5.41) is 10.5. The van der Waals surface area contributed by atoms with Crippen LogP contribution in [0.2, 0.25) is 0 Å². The molecule has 0 radical (unpaired) electrons. The van der Waals surface area contributed by atoms with E-state index in [1.54, 1.807) is 10.9 Å². The minimum absolute atomic E-state index is 0.0178. The van der Waals surface area contributed by atoms with E-state index in [1.165, 1.54) is 12.1 Å².